The zero-order chi connectivity index (χ0) is 19.3. The van der Waals surface area contributed by atoms with Crippen LogP contribution in [0.5, 0.6) is 0 Å². The summed E-state index contributed by atoms with van der Waals surface area (Å²) in [6.07, 6.45) is 0.627. The first-order chi connectivity index (χ1) is 13.8. The first-order valence-corrected chi connectivity index (χ1v) is 9.52. The summed E-state index contributed by atoms with van der Waals surface area (Å²) in [5.74, 6) is 1.40. The summed E-state index contributed by atoms with van der Waals surface area (Å²) in [5, 5.41) is 28.0. The standard InChI is InChI=1S/C21H24N4O3/c26-19(24-27)18(15-7-3-1-4-8-15)25-13-11-17(12-14-25)21-23-22-20(28-21)16-9-5-2-6-10-16/h1-10,17-19,24,26-27H,11-14H2. The van der Waals surface area contributed by atoms with Crippen molar-refractivity contribution in [2.45, 2.75) is 31.0 Å². The molecule has 146 valence electrons. The molecule has 1 aromatic heterocycles. The third-order valence-electron chi connectivity index (χ3n) is 5.31. The Labute approximate surface area is 163 Å². The van der Waals surface area contributed by atoms with Crippen LogP contribution in [-0.2, 0) is 0 Å². The molecule has 7 nitrogen and oxygen atoms in total. The van der Waals surface area contributed by atoms with E-state index < -0.39 is 6.23 Å². The third kappa shape index (κ3) is 3.98. The number of hydroxylamine groups is 1. The van der Waals surface area contributed by atoms with Gasteiger partial charge >= 0.3 is 0 Å². The second kappa shape index (κ2) is 8.62. The number of likely N-dealkylation sites (tertiary alicyclic amines) is 1. The number of hydrogen-bond acceptors (Lipinski definition) is 7. The van der Waals surface area contributed by atoms with Gasteiger partial charge in [0, 0.05) is 11.5 Å². The van der Waals surface area contributed by atoms with Crippen LogP contribution < -0.4 is 5.48 Å². The van der Waals surface area contributed by atoms with Crippen molar-refractivity contribution >= 4 is 0 Å². The molecule has 1 fully saturated rings. The minimum absolute atomic E-state index is 0.192. The van der Waals surface area contributed by atoms with Gasteiger partial charge in [0.15, 0.2) is 0 Å². The molecule has 1 aliphatic rings. The zero-order valence-electron chi connectivity index (χ0n) is 15.5. The molecule has 7 heteroatoms. The average molecular weight is 380 g/mol. The predicted octanol–water partition coefficient (Wildman–Crippen LogP) is 2.95. The molecule has 4 rings (SSSR count). The summed E-state index contributed by atoms with van der Waals surface area (Å²) in [6, 6.07) is 19.1. The molecule has 0 aliphatic carbocycles. The van der Waals surface area contributed by atoms with Crippen molar-refractivity contribution in [2.75, 3.05) is 13.1 Å². The quantitative estimate of drug-likeness (QED) is 0.447. The zero-order valence-corrected chi connectivity index (χ0v) is 15.5. The molecular weight excluding hydrogens is 356 g/mol. The molecule has 28 heavy (non-hydrogen) atoms. The fourth-order valence-electron chi connectivity index (χ4n) is 3.84. The number of nitrogens with one attached hydrogen (secondary N) is 1. The Morgan fingerprint density at radius 3 is 2.25 bits per heavy atom. The second-order valence-electron chi connectivity index (χ2n) is 7.05. The Bertz CT molecular complexity index is 864. The van der Waals surface area contributed by atoms with Crippen molar-refractivity contribution in [1.29, 1.82) is 0 Å². The molecule has 1 aliphatic heterocycles. The van der Waals surface area contributed by atoms with Gasteiger partial charge in [-0.15, -0.1) is 10.2 Å². The fraction of sp³-hybridized carbons (Fsp3) is 0.333. The topological polar surface area (TPSA) is 94.7 Å². The van der Waals surface area contributed by atoms with Crippen LogP contribution in [0.25, 0.3) is 11.5 Å². The van der Waals surface area contributed by atoms with Crippen LogP contribution in [0.1, 0.15) is 36.3 Å². The maximum absolute atomic E-state index is 10.3. The van der Waals surface area contributed by atoms with Crippen LogP contribution >= 0.6 is 0 Å². The number of rotatable bonds is 6. The van der Waals surface area contributed by atoms with Crippen LogP contribution in [0.15, 0.2) is 65.1 Å². The molecule has 0 radical (unpaired) electrons. The van der Waals surface area contributed by atoms with Crippen LogP contribution in [0.2, 0.25) is 0 Å². The molecule has 0 saturated carbocycles. The molecule has 0 bridgehead atoms. The summed E-state index contributed by atoms with van der Waals surface area (Å²) in [7, 11) is 0. The Kier molecular flexibility index (Phi) is 5.78. The van der Waals surface area contributed by atoms with Gasteiger partial charge in [-0.1, -0.05) is 48.5 Å². The molecule has 2 aromatic carbocycles. The lowest BCUT2D eigenvalue weighted by Gasteiger charge is -2.38. The number of benzene rings is 2. The third-order valence-corrected chi connectivity index (χ3v) is 5.31. The van der Waals surface area contributed by atoms with Crippen molar-refractivity contribution in [3.05, 3.63) is 72.1 Å². The molecule has 1 saturated heterocycles. The molecule has 3 N–H and O–H groups in total. The smallest absolute Gasteiger partial charge is 0.247 e. The van der Waals surface area contributed by atoms with Crippen LogP contribution in [0.3, 0.4) is 0 Å². The maximum Gasteiger partial charge on any atom is 0.247 e. The lowest BCUT2D eigenvalue weighted by atomic mass is 9.93. The predicted molar refractivity (Wildman–Crippen MR) is 103 cm³/mol. The lowest BCUT2D eigenvalue weighted by molar-refractivity contribution is -0.0601. The monoisotopic (exact) mass is 380 g/mol. The van der Waals surface area contributed by atoms with Gasteiger partial charge in [-0.2, -0.15) is 5.48 Å². The van der Waals surface area contributed by atoms with Crippen molar-refractivity contribution in [2.24, 2.45) is 0 Å². The molecule has 2 atom stereocenters. The Balaban J connectivity index is 1.44. The molecule has 2 heterocycles. The van der Waals surface area contributed by atoms with E-state index in [-0.39, 0.29) is 12.0 Å². The van der Waals surface area contributed by atoms with E-state index in [0.29, 0.717) is 11.8 Å². The van der Waals surface area contributed by atoms with Crippen molar-refractivity contribution in [3.8, 4) is 11.5 Å². The van der Waals surface area contributed by atoms with Gasteiger partial charge in [0.2, 0.25) is 11.8 Å². The molecule has 0 amide bonds. The summed E-state index contributed by atoms with van der Waals surface area (Å²) in [6.45, 7) is 1.51. The highest BCUT2D eigenvalue weighted by Gasteiger charge is 2.33. The number of nitrogens with zero attached hydrogens (tertiary/aromatic N) is 3. The highest BCUT2D eigenvalue weighted by molar-refractivity contribution is 5.51. The van der Waals surface area contributed by atoms with E-state index in [1.54, 1.807) is 0 Å². The van der Waals surface area contributed by atoms with E-state index in [1.807, 2.05) is 66.1 Å². The van der Waals surface area contributed by atoms with E-state index in [4.69, 9.17) is 4.42 Å². The highest BCUT2D eigenvalue weighted by Crippen LogP contribution is 2.33. The van der Waals surface area contributed by atoms with Gasteiger partial charge in [0.25, 0.3) is 0 Å². The molecule has 2 unspecified atom stereocenters. The first kappa shape index (κ1) is 18.8. The highest BCUT2D eigenvalue weighted by atomic mass is 16.5. The summed E-state index contributed by atoms with van der Waals surface area (Å²) < 4.78 is 5.92. The molecular formula is C21H24N4O3. The summed E-state index contributed by atoms with van der Waals surface area (Å²) in [5.41, 5.74) is 3.87. The fourth-order valence-corrected chi connectivity index (χ4v) is 3.84. The number of hydrogen-bond donors (Lipinski definition) is 3. The van der Waals surface area contributed by atoms with Gasteiger partial charge in [-0.3, -0.25) is 4.90 Å². The van der Waals surface area contributed by atoms with Crippen molar-refractivity contribution < 1.29 is 14.7 Å². The van der Waals surface area contributed by atoms with Crippen molar-refractivity contribution in [1.82, 2.24) is 20.6 Å². The largest absolute Gasteiger partial charge is 0.420 e. The van der Waals surface area contributed by atoms with Gasteiger partial charge in [-0.25, -0.2) is 0 Å². The van der Waals surface area contributed by atoms with Crippen LogP contribution in [0.4, 0.5) is 0 Å². The SMILES string of the molecule is ONC(O)C(c1ccccc1)N1CCC(c2nnc(-c3ccccc3)o2)CC1. The summed E-state index contributed by atoms with van der Waals surface area (Å²) in [4.78, 5) is 2.17. The lowest BCUT2D eigenvalue weighted by Crippen LogP contribution is -2.45. The average Bonchev–Trinajstić information content (AvgIpc) is 3.26. The molecule has 3 aromatic rings. The number of aromatic nitrogens is 2. The van der Waals surface area contributed by atoms with E-state index in [1.165, 1.54) is 0 Å². The summed E-state index contributed by atoms with van der Waals surface area (Å²) >= 11 is 0. The number of aliphatic hydroxyl groups is 1. The minimum atomic E-state index is -1.06. The Hall–Kier alpha value is -2.58. The van der Waals surface area contributed by atoms with Gasteiger partial charge < -0.3 is 14.7 Å². The number of piperidine rings is 1. The van der Waals surface area contributed by atoms with Crippen LogP contribution in [0, 0.1) is 0 Å². The first-order valence-electron chi connectivity index (χ1n) is 9.52. The van der Waals surface area contributed by atoms with E-state index in [9.17, 15) is 10.3 Å². The Morgan fingerprint density at radius 1 is 0.964 bits per heavy atom. The van der Waals surface area contributed by atoms with E-state index in [0.717, 1.165) is 37.1 Å². The maximum atomic E-state index is 10.3. The Morgan fingerprint density at radius 2 is 1.61 bits per heavy atom. The van der Waals surface area contributed by atoms with Gasteiger partial charge in [-0.05, 0) is 43.6 Å². The molecule has 0 spiro atoms. The van der Waals surface area contributed by atoms with E-state index >= 15 is 0 Å². The normalized spacial score (nSPS) is 18.1. The van der Waals surface area contributed by atoms with Gasteiger partial charge in [0.1, 0.15) is 6.23 Å². The van der Waals surface area contributed by atoms with Crippen molar-refractivity contribution in [3.63, 3.8) is 0 Å². The van der Waals surface area contributed by atoms with Gasteiger partial charge in [0.05, 0.1) is 6.04 Å². The second-order valence-corrected chi connectivity index (χ2v) is 7.05. The van der Waals surface area contributed by atoms with E-state index in [2.05, 4.69) is 15.1 Å². The van der Waals surface area contributed by atoms with Crippen LogP contribution in [-0.4, -0.2) is 44.7 Å². The minimum Gasteiger partial charge on any atom is -0.420 e. The number of aliphatic hydroxyl groups excluding tert-OH is 1.